The van der Waals surface area contributed by atoms with Crippen LogP contribution in [0, 0.1) is 12.0 Å². The predicted molar refractivity (Wildman–Crippen MR) is 58.6 cm³/mol. The van der Waals surface area contributed by atoms with E-state index in [1.807, 2.05) is 6.08 Å². The van der Waals surface area contributed by atoms with E-state index in [1.165, 1.54) is 16.7 Å². The summed E-state index contributed by atoms with van der Waals surface area (Å²) in [4.78, 5) is 0. The lowest BCUT2D eigenvalue weighted by molar-refractivity contribution is 0.754. The Hall–Kier alpha value is -1.56. The van der Waals surface area contributed by atoms with E-state index in [9.17, 15) is 0 Å². The summed E-state index contributed by atoms with van der Waals surface area (Å²) in [6.07, 6.45) is 13.0. The maximum absolute atomic E-state index is 3.31. The van der Waals surface area contributed by atoms with E-state index in [-0.39, 0.29) is 0 Å². The van der Waals surface area contributed by atoms with Crippen molar-refractivity contribution < 1.29 is 0 Å². The summed E-state index contributed by atoms with van der Waals surface area (Å²) in [6, 6.07) is 8.61. The van der Waals surface area contributed by atoms with Gasteiger partial charge in [-0.05, 0) is 29.2 Å². The van der Waals surface area contributed by atoms with Crippen LogP contribution in [0.3, 0.4) is 0 Å². The zero-order chi connectivity index (χ0) is 9.38. The van der Waals surface area contributed by atoms with Crippen molar-refractivity contribution in [2.45, 2.75) is 6.42 Å². The molecule has 14 heavy (non-hydrogen) atoms. The Balaban J connectivity index is 2.13. The van der Waals surface area contributed by atoms with Crippen molar-refractivity contribution in [3.63, 3.8) is 0 Å². The Bertz CT molecular complexity index is 447. The highest BCUT2D eigenvalue weighted by Crippen LogP contribution is 2.31. The third-order valence-corrected chi connectivity index (χ3v) is 2.90. The first-order valence-electron chi connectivity index (χ1n) is 4.99. The third-order valence-electron chi connectivity index (χ3n) is 2.90. The van der Waals surface area contributed by atoms with E-state index in [1.54, 1.807) is 0 Å². The lowest BCUT2D eigenvalue weighted by Crippen LogP contribution is -2.11. The minimum absolute atomic E-state index is 0.551. The van der Waals surface area contributed by atoms with Gasteiger partial charge in [-0.2, -0.15) is 0 Å². The molecule has 1 aromatic carbocycles. The second kappa shape index (κ2) is 2.98. The molecule has 1 unspecified atom stereocenters. The fraction of sp³-hybridized carbons (Fsp3) is 0.143. The molecular weight excluding hydrogens is 168 g/mol. The van der Waals surface area contributed by atoms with E-state index < -0.39 is 0 Å². The van der Waals surface area contributed by atoms with Crippen LogP contribution in [-0.4, -0.2) is 0 Å². The number of benzene rings is 1. The van der Waals surface area contributed by atoms with Crippen molar-refractivity contribution in [3.8, 4) is 0 Å². The Labute approximate surface area is 84.3 Å². The van der Waals surface area contributed by atoms with Gasteiger partial charge in [-0.1, -0.05) is 48.6 Å². The van der Waals surface area contributed by atoms with Gasteiger partial charge < -0.3 is 0 Å². The summed E-state index contributed by atoms with van der Waals surface area (Å²) in [5.41, 5.74) is 4.13. The Morgan fingerprint density at radius 2 is 2.14 bits per heavy atom. The van der Waals surface area contributed by atoms with Gasteiger partial charge in [0.15, 0.2) is 0 Å². The molecule has 0 nitrogen and oxygen atoms in total. The number of rotatable bonds is 0. The zero-order valence-corrected chi connectivity index (χ0v) is 7.90. The highest BCUT2D eigenvalue weighted by Gasteiger charge is 2.18. The lowest BCUT2D eigenvalue weighted by atomic mass is 9.81. The van der Waals surface area contributed by atoms with Crippen LogP contribution in [0.25, 0.3) is 6.08 Å². The molecule has 1 atom stereocenters. The summed E-state index contributed by atoms with van der Waals surface area (Å²) >= 11 is 0. The molecule has 1 aromatic rings. The molecule has 67 valence electrons. The average molecular weight is 179 g/mol. The molecule has 2 aliphatic carbocycles. The average Bonchev–Trinajstić information content (AvgIpc) is 2.26. The minimum atomic E-state index is 0.551. The van der Waals surface area contributed by atoms with E-state index in [4.69, 9.17) is 0 Å². The van der Waals surface area contributed by atoms with Crippen LogP contribution in [0.5, 0.6) is 0 Å². The van der Waals surface area contributed by atoms with Crippen LogP contribution >= 0.6 is 0 Å². The SMILES string of the molecule is [C]1=CC=CC2Cc3ccccc3C=C12. The van der Waals surface area contributed by atoms with Crippen LogP contribution in [0.4, 0.5) is 0 Å². The van der Waals surface area contributed by atoms with Gasteiger partial charge in [-0.25, -0.2) is 0 Å². The van der Waals surface area contributed by atoms with Gasteiger partial charge >= 0.3 is 0 Å². The second-order valence-electron chi connectivity index (χ2n) is 3.81. The molecule has 0 N–H and O–H groups in total. The molecule has 0 spiro atoms. The molecular formula is C14H11. The van der Waals surface area contributed by atoms with Crippen LogP contribution in [-0.2, 0) is 6.42 Å². The van der Waals surface area contributed by atoms with E-state index >= 15 is 0 Å². The largest absolute Gasteiger partial charge is 0.0766 e. The standard InChI is InChI=1S/C14H11/c1-2-6-12-10-14-8-4-3-7-13(14)9-11(12)5-1/h1-7,10,13H,9H2. The number of hydrogen-bond donors (Lipinski definition) is 0. The molecule has 0 fully saturated rings. The van der Waals surface area contributed by atoms with Crippen LogP contribution in [0.15, 0.2) is 48.1 Å². The van der Waals surface area contributed by atoms with Crippen molar-refractivity contribution >= 4 is 6.08 Å². The van der Waals surface area contributed by atoms with Crippen LogP contribution < -0.4 is 0 Å². The molecule has 3 rings (SSSR count). The number of allylic oxidation sites excluding steroid dienone is 5. The van der Waals surface area contributed by atoms with Crippen molar-refractivity contribution in [2.75, 3.05) is 0 Å². The number of fused-ring (bicyclic) bond motifs is 2. The van der Waals surface area contributed by atoms with Crippen molar-refractivity contribution in [2.24, 2.45) is 5.92 Å². The smallest absolute Gasteiger partial charge is 0.00680 e. The molecule has 2 aliphatic rings. The van der Waals surface area contributed by atoms with Crippen LogP contribution in [0.2, 0.25) is 0 Å². The molecule has 0 bridgehead atoms. The molecule has 0 aromatic heterocycles. The second-order valence-corrected chi connectivity index (χ2v) is 3.81. The molecule has 0 heteroatoms. The van der Waals surface area contributed by atoms with E-state index in [0.29, 0.717) is 5.92 Å². The summed E-state index contributed by atoms with van der Waals surface area (Å²) in [5, 5.41) is 0. The summed E-state index contributed by atoms with van der Waals surface area (Å²) in [5.74, 6) is 0.551. The molecule has 1 radical (unpaired) electrons. The highest BCUT2D eigenvalue weighted by molar-refractivity contribution is 5.63. The molecule has 0 aliphatic heterocycles. The first-order valence-corrected chi connectivity index (χ1v) is 4.99. The van der Waals surface area contributed by atoms with E-state index in [2.05, 4.69) is 48.6 Å². The number of hydrogen-bond acceptors (Lipinski definition) is 0. The summed E-state index contributed by atoms with van der Waals surface area (Å²) < 4.78 is 0. The highest BCUT2D eigenvalue weighted by atomic mass is 14.2. The monoisotopic (exact) mass is 179 g/mol. The van der Waals surface area contributed by atoms with Gasteiger partial charge in [0, 0.05) is 5.92 Å². The van der Waals surface area contributed by atoms with Gasteiger partial charge in [0.1, 0.15) is 0 Å². The third kappa shape index (κ3) is 1.15. The fourth-order valence-corrected chi connectivity index (χ4v) is 2.14. The summed E-state index contributed by atoms with van der Waals surface area (Å²) in [7, 11) is 0. The van der Waals surface area contributed by atoms with E-state index in [0.717, 1.165) is 6.42 Å². The van der Waals surface area contributed by atoms with Gasteiger partial charge in [-0.3, -0.25) is 0 Å². The first-order chi connectivity index (χ1) is 6.93. The normalized spacial score (nSPS) is 22.6. The molecule has 0 saturated heterocycles. The topological polar surface area (TPSA) is 0 Å². The van der Waals surface area contributed by atoms with Crippen molar-refractivity contribution in [3.05, 3.63) is 65.3 Å². The quantitative estimate of drug-likeness (QED) is 0.574. The Morgan fingerprint density at radius 3 is 3.14 bits per heavy atom. The van der Waals surface area contributed by atoms with Gasteiger partial charge in [0.25, 0.3) is 0 Å². The predicted octanol–water partition coefficient (Wildman–Crippen LogP) is 3.17. The zero-order valence-electron chi connectivity index (χ0n) is 7.90. The van der Waals surface area contributed by atoms with Crippen molar-refractivity contribution in [1.82, 2.24) is 0 Å². The maximum Gasteiger partial charge on any atom is 0.00680 e. The Morgan fingerprint density at radius 1 is 1.21 bits per heavy atom. The first kappa shape index (κ1) is 7.81. The lowest BCUT2D eigenvalue weighted by Gasteiger charge is -2.22. The molecule has 0 saturated carbocycles. The van der Waals surface area contributed by atoms with Gasteiger partial charge in [-0.15, -0.1) is 0 Å². The van der Waals surface area contributed by atoms with Crippen molar-refractivity contribution in [1.29, 1.82) is 0 Å². The Kier molecular flexibility index (Phi) is 1.66. The molecule has 0 heterocycles. The van der Waals surface area contributed by atoms with Gasteiger partial charge in [0.05, 0.1) is 0 Å². The minimum Gasteiger partial charge on any atom is -0.0766 e. The summed E-state index contributed by atoms with van der Waals surface area (Å²) in [6.45, 7) is 0. The van der Waals surface area contributed by atoms with Crippen LogP contribution in [0.1, 0.15) is 11.1 Å². The maximum atomic E-state index is 3.31. The van der Waals surface area contributed by atoms with Gasteiger partial charge in [0.2, 0.25) is 0 Å². The fourth-order valence-electron chi connectivity index (χ4n) is 2.14. The molecule has 0 amide bonds.